The third kappa shape index (κ3) is 5.01. The van der Waals surface area contributed by atoms with Gasteiger partial charge >= 0.3 is 0 Å². The summed E-state index contributed by atoms with van der Waals surface area (Å²) in [6.45, 7) is 2.72. The van der Waals surface area contributed by atoms with E-state index in [-0.39, 0.29) is 27.9 Å². The second kappa shape index (κ2) is 10.5. The van der Waals surface area contributed by atoms with Gasteiger partial charge in [0.15, 0.2) is 0 Å². The smallest absolute Gasteiger partial charge is 0.259 e. The van der Waals surface area contributed by atoms with E-state index in [4.69, 9.17) is 4.74 Å². The zero-order chi connectivity index (χ0) is 25.3. The van der Waals surface area contributed by atoms with E-state index >= 15 is 0 Å². The van der Waals surface area contributed by atoms with Gasteiger partial charge in [0.25, 0.3) is 5.91 Å². The Hall–Kier alpha value is -2.49. The molecule has 9 heteroatoms. The summed E-state index contributed by atoms with van der Waals surface area (Å²) in [5.74, 6) is 0.0391. The van der Waals surface area contributed by atoms with Gasteiger partial charge in [-0.1, -0.05) is 12.2 Å². The number of nitrogens with zero attached hydrogens (tertiary/aromatic N) is 3. The molecule has 2 unspecified atom stereocenters. The molecule has 0 N–H and O–H groups in total. The Bertz CT molecular complexity index is 1320. The summed E-state index contributed by atoms with van der Waals surface area (Å²) >= 11 is 0. The maximum atomic E-state index is 13.8. The molecule has 0 spiro atoms. The van der Waals surface area contributed by atoms with Crippen LogP contribution in [0.25, 0.3) is 10.9 Å². The molecule has 3 aliphatic rings. The van der Waals surface area contributed by atoms with Crippen LogP contribution < -0.4 is 5.43 Å². The molecule has 2 aliphatic heterocycles. The van der Waals surface area contributed by atoms with E-state index in [0.717, 1.165) is 44.9 Å². The lowest BCUT2D eigenvalue weighted by molar-refractivity contribution is 0.0482. The van der Waals surface area contributed by atoms with Crippen LogP contribution in [0.4, 0.5) is 0 Å². The van der Waals surface area contributed by atoms with Gasteiger partial charge in [0.05, 0.1) is 16.5 Å². The number of aryl methyl sites for hydroxylation is 1. The fraction of sp³-hybridized carbons (Fsp3) is 0.556. The van der Waals surface area contributed by atoms with Crippen molar-refractivity contribution in [2.75, 3.05) is 32.8 Å². The van der Waals surface area contributed by atoms with Crippen molar-refractivity contribution in [3.8, 4) is 0 Å². The fourth-order valence-corrected chi connectivity index (χ4v) is 7.18. The maximum absolute atomic E-state index is 13.8. The first-order chi connectivity index (χ1) is 17.3. The lowest BCUT2D eigenvalue weighted by atomic mass is 9.93. The number of carbonyl (C=O) groups excluding carboxylic acids is 1. The first-order valence-electron chi connectivity index (χ1n) is 13.0. The van der Waals surface area contributed by atoms with Crippen molar-refractivity contribution in [1.29, 1.82) is 0 Å². The van der Waals surface area contributed by atoms with Crippen molar-refractivity contribution in [2.45, 2.75) is 55.9 Å². The molecule has 2 aromatic rings. The monoisotopic (exact) mass is 513 g/mol. The molecular weight excluding hydrogens is 478 g/mol. The number of ether oxygens (including phenoxy) is 1. The van der Waals surface area contributed by atoms with Crippen molar-refractivity contribution in [1.82, 2.24) is 13.8 Å². The molecule has 1 aromatic carbocycles. The number of rotatable bonds is 7. The van der Waals surface area contributed by atoms with Gasteiger partial charge in [0, 0.05) is 51.4 Å². The highest BCUT2D eigenvalue weighted by molar-refractivity contribution is 7.89. The average Bonchev–Trinajstić information content (AvgIpc) is 3.61. The van der Waals surface area contributed by atoms with Crippen molar-refractivity contribution in [2.24, 2.45) is 13.0 Å². The minimum Gasteiger partial charge on any atom is -0.376 e. The number of hydrogen-bond donors (Lipinski definition) is 0. The highest BCUT2D eigenvalue weighted by Gasteiger charge is 2.30. The minimum absolute atomic E-state index is 0.0189. The van der Waals surface area contributed by atoms with Gasteiger partial charge in [0.1, 0.15) is 5.56 Å². The van der Waals surface area contributed by atoms with Crippen LogP contribution in [0.1, 0.15) is 55.3 Å². The lowest BCUT2D eigenvalue weighted by Gasteiger charge is -2.30. The van der Waals surface area contributed by atoms with Crippen LogP contribution in [0.15, 0.2) is 46.2 Å². The van der Waals surface area contributed by atoms with Crippen LogP contribution in [-0.4, -0.2) is 67.0 Å². The molecule has 0 radical (unpaired) electrons. The van der Waals surface area contributed by atoms with E-state index in [1.165, 1.54) is 10.4 Å². The van der Waals surface area contributed by atoms with E-state index in [1.807, 2.05) is 0 Å². The topological polar surface area (TPSA) is 88.9 Å². The molecule has 2 saturated heterocycles. The van der Waals surface area contributed by atoms with E-state index in [2.05, 4.69) is 12.2 Å². The summed E-state index contributed by atoms with van der Waals surface area (Å²) in [6.07, 6.45) is 12.4. The summed E-state index contributed by atoms with van der Waals surface area (Å²) in [5, 5.41) is 0.251. The lowest BCUT2D eigenvalue weighted by Crippen LogP contribution is -2.42. The number of sulfonamides is 1. The van der Waals surface area contributed by atoms with E-state index in [1.54, 1.807) is 34.8 Å². The van der Waals surface area contributed by atoms with Gasteiger partial charge in [-0.3, -0.25) is 9.59 Å². The highest BCUT2D eigenvalue weighted by atomic mass is 32.2. The Balaban J connectivity index is 1.51. The molecule has 0 bridgehead atoms. The van der Waals surface area contributed by atoms with Crippen LogP contribution in [0, 0.1) is 5.92 Å². The van der Waals surface area contributed by atoms with Crippen molar-refractivity contribution < 1.29 is 17.9 Å². The number of benzene rings is 1. The van der Waals surface area contributed by atoms with Crippen LogP contribution in [0.5, 0.6) is 0 Å². The van der Waals surface area contributed by atoms with Gasteiger partial charge in [-0.25, -0.2) is 8.42 Å². The first-order valence-corrected chi connectivity index (χ1v) is 14.5. The van der Waals surface area contributed by atoms with E-state index < -0.39 is 15.5 Å². The predicted molar refractivity (Wildman–Crippen MR) is 139 cm³/mol. The summed E-state index contributed by atoms with van der Waals surface area (Å²) in [5.41, 5.74) is 0.248. The number of pyridine rings is 1. The van der Waals surface area contributed by atoms with Gasteiger partial charge in [-0.2, -0.15) is 4.31 Å². The molecule has 5 rings (SSSR count). The number of fused-ring (bicyclic) bond motifs is 1. The summed E-state index contributed by atoms with van der Waals surface area (Å²) in [4.78, 5) is 29.4. The summed E-state index contributed by atoms with van der Waals surface area (Å²) < 4.78 is 35.3. The molecule has 1 aliphatic carbocycles. The number of allylic oxidation sites excluding steroid dienone is 2. The third-order valence-electron chi connectivity index (χ3n) is 7.68. The average molecular weight is 514 g/mol. The molecule has 36 heavy (non-hydrogen) atoms. The normalized spacial score (nSPS) is 22.9. The highest BCUT2D eigenvalue weighted by Crippen LogP contribution is 2.25. The Labute approximate surface area is 212 Å². The number of carbonyl (C=O) groups is 1. The zero-order valence-corrected chi connectivity index (χ0v) is 21.7. The second-order valence-electron chi connectivity index (χ2n) is 10.3. The Morgan fingerprint density at radius 3 is 2.61 bits per heavy atom. The molecule has 0 saturated carbocycles. The van der Waals surface area contributed by atoms with Gasteiger partial charge < -0.3 is 14.2 Å². The standard InChI is InChI=1S/C27H35N3O5S/c1-28-19-24(27(32)29(18-21-10-7-15-35-21)17-20-8-3-2-4-9-20)26(31)23-16-22(11-12-25(23)28)36(33,34)30-13-5-6-14-30/h2-3,11-12,16,19-21H,4-10,13-15,17-18H2,1H3. The number of amides is 1. The largest absolute Gasteiger partial charge is 0.376 e. The van der Waals surface area contributed by atoms with Gasteiger partial charge in [0.2, 0.25) is 15.5 Å². The second-order valence-corrected chi connectivity index (χ2v) is 12.2. The van der Waals surface area contributed by atoms with Crippen molar-refractivity contribution in [3.63, 3.8) is 0 Å². The van der Waals surface area contributed by atoms with Crippen LogP contribution >= 0.6 is 0 Å². The molecule has 2 fully saturated rings. The summed E-state index contributed by atoms with van der Waals surface area (Å²) in [7, 11) is -1.90. The molecule has 194 valence electrons. The quantitative estimate of drug-likeness (QED) is 0.530. The van der Waals surface area contributed by atoms with Crippen LogP contribution in [-0.2, 0) is 21.8 Å². The molecule has 1 aromatic heterocycles. The summed E-state index contributed by atoms with van der Waals surface area (Å²) in [6, 6.07) is 4.65. The number of aromatic nitrogens is 1. The predicted octanol–water partition coefficient (Wildman–Crippen LogP) is 3.30. The van der Waals surface area contributed by atoms with E-state index in [9.17, 15) is 18.0 Å². The number of hydrogen-bond acceptors (Lipinski definition) is 5. The SMILES string of the molecule is Cn1cc(C(=O)N(CC2CC=CCC2)CC2CCCO2)c(=O)c2cc(S(=O)(=O)N3CCCC3)ccc21. The molecular formula is C27H35N3O5S. The van der Waals surface area contributed by atoms with Gasteiger partial charge in [-0.05, 0) is 69.1 Å². The first kappa shape index (κ1) is 25.2. The molecule has 1 amide bonds. The molecule has 3 heterocycles. The Morgan fingerprint density at radius 2 is 1.92 bits per heavy atom. The van der Waals surface area contributed by atoms with Crippen molar-refractivity contribution in [3.05, 3.63) is 52.3 Å². The third-order valence-corrected chi connectivity index (χ3v) is 9.58. The fourth-order valence-electron chi connectivity index (χ4n) is 5.64. The zero-order valence-electron chi connectivity index (χ0n) is 20.9. The molecule has 8 nitrogen and oxygen atoms in total. The van der Waals surface area contributed by atoms with Crippen LogP contribution in [0.2, 0.25) is 0 Å². The Morgan fingerprint density at radius 1 is 1.11 bits per heavy atom. The maximum Gasteiger partial charge on any atom is 0.259 e. The Kier molecular flexibility index (Phi) is 7.32. The van der Waals surface area contributed by atoms with Crippen molar-refractivity contribution >= 4 is 26.8 Å². The van der Waals surface area contributed by atoms with Crippen LogP contribution in [0.3, 0.4) is 0 Å². The van der Waals surface area contributed by atoms with E-state index in [0.29, 0.717) is 44.2 Å². The minimum atomic E-state index is -3.68. The molecule has 2 atom stereocenters. The van der Waals surface area contributed by atoms with Gasteiger partial charge in [-0.15, -0.1) is 0 Å².